The van der Waals surface area contributed by atoms with Crippen LogP contribution in [0.3, 0.4) is 0 Å². The van der Waals surface area contributed by atoms with Gasteiger partial charge in [-0.25, -0.2) is 4.79 Å². The van der Waals surface area contributed by atoms with Crippen LogP contribution in [0.5, 0.6) is 0 Å². The number of carbonyl (C=O) groups excluding carboxylic acids is 5. The van der Waals surface area contributed by atoms with Crippen molar-refractivity contribution in [3.05, 3.63) is 66.0 Å². The van der Waals surface area contributed by atoms with E-state index in [4.69, 9.17) is 14.2 Å². The zero-order valence-electron chi connectivity index (χ0n) is 38.4. The van der Waals surface area contributed by atoms with E-state index in [-0.39, 0.29) is 41.9 Å². The number of likely N-dealkylation sites (tertiary alicyclic amines) is 1. The number of methoxy groups -OCH3 is 3. The lowest BCUT2D eigenvalue weighted by atomic mass is 9.89. The molecule has 1 aliphatic heterocycles. The first-order valence-electron chi connectivity index (χ1n) is 21.6. The van der Waals surface area contributed by atoms with Gasteiger partial charge < -0.3 is 39.8 Å². The summed E-state index contributed by atoms with van der Waals surface area (Å²) in [5, 5.41) is 16.8. The molecule has 1 aliphatic rings. The van der Waals surface area contributed by atoms with Crippen molar-refractivity contribution in [2.75, 3.05) is 42.0 Å². The fraction of sp³-hybridized carbons (Fsp3) is 0.652. The third-order valence-corrected chi connectivity index (χ3v) is 12.3. The van der Waals surface area contributed by atoms with Crippen molar-refractivity contribution in [1.82, 2.24) is 30.3 Å². The molecule has 0 spiro atoms. The highest BCUT2D eigenvalue weighted by Gasteiger charge is 2.44. The number of hydrogen-bond acceptors (Lipinski definition) is 11. The molecule has 2 heterocycles. The van der Waals surface area contributed by atoms with Crippen molar-refractivity contribution in [3.63, 3.8) is 0 Å². The van der Waals surface area contributed by atoms with Gasteiger partial charge in [-0.2, -0.15) is 0 Å². The molecular weight excluding hydrogens is 781 g/mol. The Hall–Kier alpha value is -4.44. The predicted molar refractivity (Wildman–Crippen MR) is 233 cm³/mol. The number of carbonyl (C=O) groups is 5. The monoisotopic (exact) mass is 853 g/mol. The summed E-state index contributed by atoms with van der Waals surface area (Å²) >= 11 is 0. The van der Waals surface area contributed by atoms with E-state index in [0.29, 0.717) is 37.9 Å². The van der Waals surface area contributed by atoms with Gasteiger partial charge in [-0.15, -0.1) is 0 Å². The second-order valence-corrected chi connectivity index (χ2v) is 17.1. The molecule has 0 aliphatic carbocycles. The van der Waals surface area contributed by atoms with Gasteiger partial charge in [0.2, 0.25) is 23.6 Å². The average molecular weight is 853 g/mol. The number of rotatable bonds is 23. The SMILES string of the molecule is CC[C@H](C)C([C@@H](CC(=O)N1CCC[C@H]1[C@H](OC)[C@@H](C)C(=O)N[C@H](C(=O)OC)[C@@H](O)c1ccccc1)OC)N(C)C(=O)[C@@H](NC(=O)C(C(C)C)N(C)Cc1ccncc1)C(C)C. The van der Waals surface area contributed by atoms with Crippen LogP contribution in [0.4, 0.5) is 0 Å². The average Bonchev–Trinajstić information content (AvgIpc) is 3.73. The van der Waals surface area contributed by atoms with Gasteiger partial charge in [0.1, 0.15) is 12.1 Å². The number of benzene rings is 1. The highest BCUT2D eigenvalue weighted by atomic mass is 16.5. The summed E-state index contributed by atoms with van der Waals surface area (Å²) in [6.45, 7) is 14.4. The molecule has 3 rings (SSSR count). The number of aliphatic hydroxyl groups excluding tert-OH is 1. The van der Waals surface area contributed by atoms with Crippen LogP contribution in [-0.2, 0) is 44.7 Å². The summed E-state index contributed by atoms with van der Waals surface area (Å²) in [6, 6.07) is 8.64. The quantitative estimate of drug-likeness (QED) is 0.138. The summed E-state index contributed by atoms with van der Waals surface area (Å²) in [5.74, 6) is -3.27. The molecule has 4 amide bonds. The fourth-order valence-corrected chi connectivity index (χ4v) is 8.69. The Bertz CT molecular complexity index is 1700. The topological polar surface area (TPSA) is 180 Å². The summed E-state index contributed by atoms with van der Waals surface area (Å²) in [6.07, 6.45) is 2.54. The number of aliphatic hydroxyl groups is 1. The van der Waals surface area contributed by atoms with E-state index < -0.39 is 66.3 Å². The molecule has 0 saturated carbocycles. The minimum absolute atomic E-state index is 0.0434. The molecular formula is C46H72N6O9. The zero-order valence-corrected chi connectivity index (χ0v) is 38.4. The first-order chi connectivity index (χ1) is 28.9. The van der Waals surface area contributed by atoms with Crippen LogP contribution in [0.25, 0.3) is 0 Å². The van der Waals surface area contributed by atoms with E-state index in [1.807, 2.05) is 65.6 Å². The Morgan fingerprint density at radius 1 is 0.869 bits per heavy atom. The third-order valence-electron chi connectivity index (χ3n) is 12.3. The molecule has 15 heteroatoms. The molecule has 3 N–H and O–H groups in total. The van der Waals surface area contributed by atoms with Crippen LogP contribution in [0.15, 0.2) is 54.9 Å². The molecule has 10 atom stereocenters. The molecule has 1 aromatic carbocycles. The molecule has 15 nitrogen and oxygen atoms in total. The highest BCUT2D eigenvalue weighted by molar-refractivity contribution is 5.90. The number of amides is 4. The molecule has 61 heavy (non-hydrogen) atoms. The van der Waals surface area contributed by atoms with Crippen LogP contribution in [0.1, 0.15) is 91.4 Å². The molecule has 1 aromatic heterocycles. The number of esters is 1. The van der Waals surface area contributed by atoms with Gasteiger partial charge in [-0.1, -0.05) is 85.2 Å². The molecule has 2 unspecified atom stereocenters. The number of aromatic nitrogens is 1. The van der Waals surface area contributed by atoms with Crippen molar-refractivity contribution < 1.29 is 43.3 Å². The Morgan fingerprint density at radius 2 is 1.49 bits per heavy atom. The Balaban J connectivity index is 1.80. The predicted octanol–water partition coefficient (Wildman–Crippen LogP) is 3.99. The second kappa shape index (κ2) is 24.3. The number of pyridine rings is 1. The number of hydrogen-bond donors (Lipinski definition) is 3. The van der Waals surface area contributed by atoms with Crippen LogP contribution in [0.2, 0.25) is 0 Å². The second-order valence-electron chi connectivity index (χ2n) is 17.1. The number of ether oxygens (including phenoxy) is 3. The van der Waals surface area contributed by atoms with Gasteiger partial charge in [-0.3, -0.25) is 29.1 Å². The maximum absolute atomic E-state index is 14.5. The van der Waals surface area contributed by atoms with E-state index in [1.54, 1.807) is 66.5 Å². The lowest BCUT2D eigenvalue weighted by Crippen LogP contribution is -2.60. The summed E-state index contributed by atoms with van der Waals surface area (Å²) in [4.78, 5) is 78.8. The first-order valence-corrected chi connectivity index (χ1v) is 21.6. The fourth-order valence-electron chi connectivity index (χ4n) is 8.69. The van der Waals surface area contributed by atoms with Crippen molar-refractivity contribution in [3.8, 4) is 0 Å². The van der Waals surface area contributed by atoms with Gasteiger partial charge in [-0.05, 0) is 60.9 Å². The molecule has 0 radical (unpaired) electrons. The van der Waals surface area contributed by atoms with Crippen molar-refractivity contribution in [2.24, 2.45) is 23.7 Å². The van der Waals surface area contributed by atoms with Gasteiger partial charge in [0, 0.05) is 46.8 Å². The largest absolute Gasteiger partial charge is 0.467 e. The van der Waals surface area contributed by atoms with Crippen LogP contribution in [-0.4, -0.2) is 139 Å². The number of nitrogens with zero attached hydrogens (tertiary/aromatic N) is 4. The zero-order chi connectivity index (χ0) is 45.6. The van der Waals surface area contributed by atoms with Gasteiger partial charge >= 0.3 is 5.97 Å². The van der Waals surface area contributed by atoms with Gasteiger partial charge in [0.05, 0.1) is 49.8 Å². The summed E-state index contributed by atoms with van der Waals surface area (Å²) in [5.41, 5.74) is 1.45. The molecule has 2 aromatic rings. The lowest BCUT2D eigenvalue weighted by Gasteiger charge is -2.41. The maximum Gasteiger partial charge on any atom is 0.331 e. The van der Waals surface area contributed by atoms with Gasteiger partial charge in [0.15, 0.2) is 6.04 Å². The van der Waals surface area contributed by atoms with Crippen LogP contribution < -0.4 is 10.6 Å². The summed E-state index contributed by atoms with van der Waals surface area (Å²) < 4.78 is 16.9. The molecule has 340 valence electrons. The van der Waals surface area contributed by atoms with E-state index in [9.17, 15) is 29.1 Å². The number of nitrogens with one attached hydrogen (secondary N) is 2. The lowest BCUT2D eigenvalue weighted by molar-refractivity contribution is -0.151. The van der Waals surface area contributed by atoms with E-state index in [2.05, 4.69) is 15.6 Å². The van der Waals surface area contributed by atoms with E-state index >= 15 is 0 Å². The Kier molecular flexibility index (Phi) is 20.3. The third kappa shape index (κ3) is 13.3. The normalized spacial score (nSPS) is 18.7. The minimum Gasteiger partial charge on any atom is -0.467 e. The summed E-state index contributed by atoms with van der Waals surface area (Å²) in [7, 11) is 7.81. The molecule has 1 saturated heterocycles. The van der Waals surface area contributed by atoms with Crippen molar-refractivity contribution in [1.29, 1.82) is 0 Å². The van der Waals surface area contributed by atoms with Crippen LogP contribution in [0, 0.1) is 23.7 Å². The van der Waals surface area contributed by atoms with Gasteiger partial charge in [0.25, 0.3) is 0 Å². The first kappa shape index (κ1) is 50.9. The van der Waals surface area contributed by atoms with E-state index in [1.165, 1.54) is 21.3 Å². The van der Waals surface area contributed by atoms with E-state index in [0.717, 1.165) is 5.56 Å². The van der Waals surface area contributed by atoms with Crippen LogP contribution >= 0.6 is 0 Å². The van der Waals surface area contributed by atoms with Crippen molar-refractivity contribution in [2.45, 2.75) is 129 Å². The van der Waals surface area contributed by atoms with Crippen molar-refractivity contribution >= 4 is 29.6 Å². The molecule has 1 fully saturated rings. The standard InChI is InChI=1S/C46H72N6O9/c1-13-30(6)40(51(9)45(57)37(28(2)3)48-44(56)39(29(4)5)50(8)27-32-21-23-47-24-22-32)35(59-10)26-36(53)52-25-17-20-34(52)42(60-11)31(7)43(55)49-38(46(58)61-12)41(54)33-18-15-14-16-19-33/h14-16,18-19,21-24,28-31,34-35,37-42,54H,13,17,20,25-27H2,1-12H3,(H,48,56)(H,49,55)/t30-,31+,34-,35+,37-,38-,39?,40?,41-,42+/m0/s1. The molecule has 0 bridgehead atoms. The maximum atomic E-state index is 14.5. The smallest absolute Gasteiger partial charge is 0.331 e. The minimum atomic E-state index is -1.37. The number of likely N-dealkylation sites (N-methyl/N-ethyl adjacent to an activating group) is 2. The highest BCUT2D eigenvalue weighted by Crippen LogP contribution is 2.30. The Labute approximate surface area is 363 Å². The Morgan fingerprint density at radius 3 is 2.03 bits per heavy atom.